The second-order valence-corrected chi connectivity index (χ2v) is 9.83. The van der Waals surface area contributed by atoms with E-state index in [1.165, 1.54) is 127 Å². The lowest BCUT2D eigenvalue weighted by molar-refractivity contribution is -0.919. The first kappa shape index (κ1) is 28.6. The number of halogens is 1. The topological polar surface area (TPSA) is 12.0 Å². The summed E-state index contributed by atoms with van der Waals surface area (Å²) in [6.45, 7) is 8.55. The van der Waals surface area contributed by atoms with Crippen molar-refractivity contribution < 1.29 is 28.5 Å². The maximum Gasteiger partial charge on any atom is 0.0924 e. The molecule has 0 aromatic carbocycles. The molecular weight excluding hydrogens is 455 g/mol. The summed E-state index contributed by atoms with van der Waals surface area (Å²) < 4.78 is 1.24. The molecule has 2 atom stereocenters. The van der Waals surface area contributed by atoms with E-state index < -0.39 is 0 Å². The summed E-state index contributed by atoms with van der Waals surface area (Å²) in [5.74, 6) is 0.900. The Labute approximate surface area is 195 Å². The monoisotopic (exact) mass is 508 g/mol. The molecular formula is C25H53IN2. The molecule has 0 saturated carbocycles. The Balaban J connectivity index is 0.00000729. The summed E-state index contributed by atoms with van der Waals surface area (Å²) in [7, 11) is 4.96. The van der Waals surface area contributed by atoms with Crippen LogP contribution in [0.4, 0.5) is 0 Å². The summed E-state index contributed by atoms with van der Waals surface area (Å²) in [5.41, 5.74) is 0. The van der Waals surface area contributed by atoms with E-state index in [0.29, 0.717) is 0 Å². The van der Waals surface area contributed by atoms with Crippen LogP contribution in [0.5, 0.6) is 0 Å². The fourth-order valence-corrected chi connectivity index (χ4v) is 5.28. The van der Waals surface area contributed by atoms with Crippen LogP contribution >= 0.6 is 0 Å². The molecule has 0 amide bonds. The minimum Gasteiger partial charge on any atom is -1.00 e. The summed E-state index contributed by atoms with van der Waals surface area (Å²) in [6, 6.07) is 0.849. The van der Waals surface area contributed by atoms with E-state index in [1.807, 2.05) is 0 Å². The van der Waals surface area contributed by atoms with Gasteiger partial charge >= 0.3 is 0 Å². The van der Waals surface area contributed by atoms with Crippen LogP contribution in [0.3, 0.4) is 0 Å². The van der Waals surface area contributed by atoms with Crippen molar-refractivity contribution >= 4 is 0 Å². The van der Waals surface area contributed by atoms with E-state index in [2.05, 4.69) is 33.3 Å². The van der Waals surface area contributed by atoms with Crippen molar-refractivity contribution in [2.75, 3.05) is 33.7 Å². The largest absolute Gasteiger partial charge is 1.00 e. The van der Waals surface area contributed by atoms with Crippen LogP contribution in [-0.4, -0.2) is 44.3 Å². The van der Waals surface area contributed by atoms with Gasteiger partial charge in [-0.15, -0.1) is 0 Å². The number of hydrogen-bond acceptors (Lipinski definition) is 1. The van der Waals surface area contributed by atoms with E-state index in [9.17, 15) is 0 Å². The fraction of sp³-hybridized carbons (Fsp3) is 1.00. The second-order valence-electron chi connectivity index (χ2n) is 9.83. The van der Waals surface area contributed by atoms with Crippen LogP contribution in [0.25, 0.3) is 0 Å². The van der Waals surface area contributed by atoms with Crippen molar-refractivity contribution in [3.8, 4) is 0 Å². The predicted molar refractivity (Wildman–Crippen MR) is 122 cm³/mol. The molecule has 0 bridgehead atoms. The maximum absolute atomic E-state index is 3.57. The predicted octanol–water partition coefficient (Wildman–Crippen LogP) is 3.94. The summed E-state index contributed by atoms with van der Waals surface area (Å²) in [6.07, 6.45) is 23.1. The molecule has 1 N–H and O–H groups in total. The Morgan fingerprint density at radius 3 is 1.61 bits per heavy atom. The Bertz CT molecular complexity index is 327. The highest BCUT2D eigenvalue weighted by Gasteiger charge is 2.35. The average molecular weight is 509 g/mol. The smallest absolute Gasteiger partial charge is 0.0924 e. The molecule has 2 unspecified atom stereocenters. The maximum atomic E-state index is 3.57. The molecule has 1 rings (SSSR count). The lowest BCUT2D eigenvalue weighted by Gasteiger charge is -2.41. The third kappa shape index (κ3) is 13.1. The zero-order chi connectivity index (χ0) is 19.8. The minimum absolute atomic E-state index is 0. The number of nitrogens with zero attached hydrogens (tertiary/aromatic N) is 1. The van der Waals surface area contributed by atoms with Gasteiger partial charge < -0.3 is 33.8 Å². The van der Waals surface area contributed by atoms with Gasteiger partial charge in [0.1, 0.15) is 0 Å². The first-order valence-electron chi connectivity index (χ1n) is 12.6. The molecule has 0 spiro atoms. The van der Waals surface area contributed by atoms with Gasteiger partial charge in [-0.3, -0.25) is 0 Å². The highest BCUT2D eigenvalue weighted by Crippen LogP contribution is 2.25. The normalized spacial score (nSPS) is 18.2. The van der Waals surface area contributed by atoms with E-state index >= 15 is 0 Å². The third-order valence-electron chi connectivity index (χ3n) is 7.05. The molecule has 1 aliphatic heterocycles. The fourth-order valence-electron chi connectivity index (χ4n) is 5.28. The molecule has 0 aromatic rings. The summed E-state index contributed by atoms with van der Waals surface area (Å²) >= 11 is 0. The van der Waals surface area contributed by atoms with Crippen molar-refractivity contribution in [3.05, 3.63) is 0 Å². The van der Waals surface area contributed by atoms with Gasteiger partial charge in [0.05, 0.1) is 26.7 Å². The lowest BCUT2D eigenvalue weighted by atomic mass is 9.93. The van der Waals surface area contributed by atoms with Crippen LogP contribution < -0.4 is 29.3 Å². The van der Waals surface area contributed by atoms with Gasteiger partial charge in [-0.05, 0) is 32.2 Å². The van der Waals surface area contributed by atoms with Crippen molar-refractivity contribution in [3.63, 3.8) is 0 Å². The van der Waals surface area contributed by atoms with E-state index in [-0.39, 0.29) is 24.0 Å². The molecule has 2 nitrogen and oxygen atoms in total. The zero-order valence-electron chi connectivity index (χ0n) is 19.9. The van der Waals surface area contributed by atoms with Crippen LogP contribution in [0.15, 0.2) is 0 Å². The van der Waals surface area contributed by atoms with Gasteiger partial charge in [0.25, 0.3) is 0 Å². The number of unbranched alkanes of at least 4 members (excludes halogenated alkanes) is 13. The molecule has 28 heavy (non-hydrogen) atoms. The lowest BCUT2D eigenvalue weighted by Crippen LogP contribution is -3.00. The summed E-state index contributed by atoms with van der Waals surface area (Å²) in [5, 5.41) is 3.57. The van der Waals surface area contributed by atoms with E-state index in [0.717, 1.165) is 12.0 Å². The van der Waals surface area contributed by atoms with Crippen molar-refractivity contribution in [1.29, 1.82) is 0 Å². The quantitative estimate of drug-likeness (QED) is 0.168. The van der Waals surface area contributed by atoms with Gasteiger partial charge in [-0.2, -0.15) is 0 Å². The Hall–Kier alpha value is 0.650. The number of hydrogen-bond donors (Lipinski definition) is 1. The first-order chi connectivity index (χ1) is 13.1. The number of quaternary nitrogens is 1. The Morgan fingerprint density at radius 1 is 0.750 bits per heavy atom. The zero-order valence-corrected chi connectivity index (χ0v) is 22.1. The van der Waals surface area contributed by atoms with E-state index in [4.69, 9.17) is 0 Å². The molecule has 1 fully saturated rings. The molecule has 1 heterocycles. The van der Waals surface area contributed by atoms with Gasteiger partial charge in [-0.25, -0.2) is 0 Å². The van der Waals surface area contributed by atoms with E-state index in [1.54, 1.807) is 0 Å². The molecule has 0 radical (unpaired) electrons. The van der Waals surface area contributed by atoms with Gasteiger partial charge in [0.2, 0.25) is 0 Å². The standard InChI is InChI=1S/C25H53N2.HI/c1-5-7-8-9-10-11-12-13-14-15-16-17-18-19-22-27(3,4)25(6-2)24-20-21-26-23-24;/h24-26H,5-23H2,1-4H3;1H/q+1;/p-1. The van der Waals surface area contributed by atoms with Crippen LogP contribution in [0.1, 0.15) is 117 Å². The molecule has 3 heteroatoms. The van der Waals surface area contributed by atoms with Crippen molar-refractivity contribution in [2.24, 2.45) is 5.92 Å². The SMILES string of the molecule is CCCCCCCCCCCCCCCC[N+](C)(C)C(CC)C1CCNC1.[I-]. The highest BCUT2D eigenvalue weighted by atomic mass is 127. The molecule has 0 aromatic heterocycles. The highest BCUT2D eigenvalue weighted by molar-refractivity contribution is 4.78. The second kappa shape index (κ2) is 18.4. The average Bonchev–Trinajstić information content (AvgIpc) is 3.16. The molecule has 170 valence electrons. The van der Waals surface area contributed by atoms with Gasteiger partial charge in [-0.1, -0.05) is 90.9 Å². The van der Waals surface area contributed by atoms with Crippen LogP contribution in [0, 0.1) is 5.92 Å². The van der Waals surface area contributed by atoms with Crippen molar-refractivity contribution in [1.82, 2.24) is 5.32 Å². The van der Waals surface area contributed by atoms with Gasteiger partial charge in [0, 0.05) is 12.5 Å². The Morgan fingerprint density at radius 2 is 1.21 bits per heavy atom. The first-order valence-corrected chi connectivity index (χ1v) is 12.6. The number of rotatable bonds is 18. The minimum atomic E-state index is 0. The van der Waals surface area contributed by atoms with Crippen LogP contribution in [0.2, 0.25) is 0 Å². The summed E-state index contributed by atoms with van der Waals surface area (Å²) in [4.78, 5) is 0. The van der Waals surface area contributed by atoms with Gasteiger partial charge in [0.15, 0.2) is 0 Å². The Kier molecular flexibility index (Phi) is 18.8. The van der Waals surface area contributed by atoms with Crippen LogP contribution in [-0.2, 0) is 0 Å². The molecule has 0 aliphatic carbocycles. The number of nitrogens with one attached hydrogen (secondary N) is 1. The molecule has 1 saturated heterocycles. The molecule has 1 aliphatic rings. The third-order valence-corrected chi connectivity index (χ3v) is 7.05. The van der Waals surface area contributed by atoms with Crippen molar-refractivity contribution in [2.45, 2.75) is 123 Å².